The quantitative estimate of drug-likeness (QED) is 0.906. The minimum atomic E-state index is -1.11. The van der Waals surface area contributed by atoms with E-state index in [1.54, 1.807) is 29.7 Å². The smallest absolute Gasteiger partial charge is 0.150 e. The lowest BCUT2D eigenvalue weighted by Crippen LogP contribution is -2.06. The number of aryl methyl sites for hydroxylation is 1. The van der Waals surface area contributed by atoms with Gasteiger partial charge in [-0.2, -0.15) is 11.3 Å². The fraction of sp³-hybridized carbons (Fsp3) is 0.182. The highest BCUT2D eigenvalue weighted by Gasteiger charge is 2.08. The molecule has 0 saturated heterocycles. The summed E-state index contributed by atoms with van der Waals surface area (Å²) in [5, 5.41) is 4.59. The van der Waals surface area contributed by atoms with Gasteiger partial charge in [-0.3, -0.25) is 4.21 Å². The van der Waals surface area contributed by atoms with E-state index in [9.17, 15) is 4.21 Å². The zero-order chi connectivity index (χ0) is 11.4. The Morgan fingerprint density at radius 1 is 1.44 bits per heavy atom. The zero-order valence-corrected chi connectivity index (χ0v) is 10.3. The van der Waals surface area contributed by atoms with Crippen molar-refractivity contribution < 1.29 is 4.21 Å². The van der Waals surface area contributed by atoms with Crippen LogP contribution in [0.15, 0.2) is 40.2 Å². The van der Waals surface area contributed by atoms with E-state index in [1.807, 2.05) is 11.4 Å². The lowest BCUT2D eigenvalue weighted by Gasteiger charge is -2.03. The van der Waals surface area contributed by atoms with Crippen LogP contribution >= 0.6 is 11.3 Å². The standard InChI is InChI=1S/C11H12N2OS2/c12-10-2-1-5-13-11(10)16(14)7-4-9-3-6-15-8-9/h1-3,5-6,8H,4,7,12H2. The summed E-state index contributed by atoms with van der Waals surface area (Å²) in [6.45, 7) is 0. The Labute approximate surface area is 101 Å². The maximum atomic E-state index is 11.9. The van der Waals surface area contributed by atoms with Crippen molar-refractivity contribution in [3.63, 3.8) is 0 Å². The highest BCUT2D eigenvalue weighted by Crippen LogP contribution is 2.14. The number of nitrogens with zero attached hydrogens (tertiary/aromatic N) is 1. The predicted octanol–water partition coefficient (Wildman–Crippen LogP) is 2.08. The van der Waals surface area contributed by atoms with Gasteiger partial charge in [-0.1, -0.05) is 0 Å². The molecule has 0 aliphatic heterocycles. The van der Waals surface area contributed by atoms with Crippen molar-refractivity contribution >= 4 is 27.8 Å². The van der Waals surface area contributed by atoms with Crippen LogP contribution in [0.3, 0.4) is 0 Å². The molecule has 2 rings (SSSR count). The Morgan fingerprint density at radius 2 is 2.31 bits per heavy atom. The highest BCUT2D eigenvalue weighted by atomic mass is 32.2. The van der Waals surface area contributed by atoms with Crippen LogP contribution < -0.4 is 5.73 Å². The van der Waals surface area contributed by atoms with Crippen molar-refractivity contribution in [3.05, 3.63) is 40.7 Å². The van der Waals surface area contributed by atoms with Crippen LogP contribution in [-0.2, 0) is 17.2 Å². The van der Waals surface area contributed by atoms with E-state index in [0.29, 0.717) is 16.5 Å². The zero-order valence-electron chi connectivity index (χ0n) is 8.63. The van der Waals surface area contributed by atoms with Gasteiger partial charge in [0.05, 0.1) is 16.5 Å². The van der Waals surface area contributed by atoms with E-state index in [4.69, 9.17) is 5.73 Å². The predicted molar refractivity (Wildman–Crippen MR) is 67.9 cm³/mol. The van der Waals surface area contributed by atoms with Crippen LogP contribution in [0.1, 0.15) is 5.56 Å². The number of pyridine rings is 1. The molecule has 16 heavy (non-hydrogen) atoms. The molecule has 0 bridgehead atoms. The van der Waals surface area contributed by atoms with Gasteiger partial charge in [-0.25, -0.2) is 4.98 Å². The van der Waals surface area contributed by atoms with Gasteiger partial charge in [0, 0.05) is 11.9 Å². The first kappa shape index (κ1) is 11.3. The second kappa shape index (κ2) is 5.23. The van der Waals surface area contributed by atoms with Crippen LogP contribution in [0, 0.1) is 0 Å². The van der Waals surface area contributed by atoms with E-state index in [0.717, 1.165) is 6.42 Å². The van der Waals surface area contributed by atoms with Gasteiger partial charge in [-0.05, 0) is 40.9 Å². The topological polar surface area (TPSA) is 56.0 Å². The first-order valence-electron chi connectivity index (χ1n) is 4.87. The third-order valence-electron chi connectivity index (χ3n) is 2.17. The van der Waals surface area contributed by atoms with Gasteiger partial charge in [0.15, 0.2) is 0 Å². The summed E-state index contributed by atoms with van der Waals surface area (Å²) in [7, 11) is -1.11. The molecular formula is C11H12N2OS2. The molecule has 1 atom stereocenters. The van der Waals surface area contributed by atoms with Crippen LogP contribution in [0.5, 0.6) is 0 Å². The summed E-state index contributed by atoms with van der Waals surface area (Å²) < 4.78 is 11.9. The van der Waals surface area contributed by atoms with Crippen molar-refractivity contribution in [2.45, 2.75) is 11.4 Å². The van der Waals surface area contributed by atoms with Gasteiger partial charge >= 0.3 is 0 Å². The number of rotatable bonds is 4. The van der Waals surface area contributed by atoms with Gasteiger partial charge in [0.2, 0.25) is 0 Å². The summed E-state index contributed by atoms with van der Waals surface area (Å²) in [5.74, 6) is 0.567. The minimum absolute atomic E-state index is 0.498. The largest absolute Gasteiger partial charge is 0.396 e. The van der Waals surface area contributed by atoms with Crippen molar-refractivity contribution in [2.24, 2.45) is 0 Å². The number of hydrogen-bond acceptors (Lipinski definition) is 4. The minimum Gasteiger partial charge on any atom is -0.396 e. The van der Waals surface area contributed by atoms with Gasteiger partial charge in [0.25, 0.3) is 0 Å². The van der Waals surface area contributed by atoms with Crippen LogP contribution in [-0.4, -0.2) is 14.9 Å². The molecular weight excluding hydrogens is 240 g/mol. The lowest BCUT2D eigenvalue weighted by atomic mass is 10.3. The molecule has 0 radical (unpaired) electrons. The Hall–Kier alpha value is -1.20. The van der Waals surface area contributed by atoms with Gasteiger partial charge in [0.1, 0.15) is 5.03 Å². The number of nitrogen functional groups attached to an aromatic ring is 1. The molecule has 0 amide bonds. The van der Waals surface area contributed by atoms with Crippen molar-refractivity contribution in [1.29, 1.82) is 0 Å². The maximum Gasteiger partial charge on any atom is 0.150 e. The molecule has 0 aliphatic rings. The van der Waals surface area contributed by atoms with Crippen molar-refractivity contribution in [2.75, 3.05) is 11.5 Å². The fourth-order valence-electron chi connectivity index (χ4n) is 1.34. The number of thiophene rings is 1. The molecule has 2 heterocycles. The fourth-order valence-corrected chi connectivity index (χ4v) is 3.16. The summed E-state index contributed by atoms with van der Waals surface area (Å²) in [6.07, 6.45) is 2.42. The van der Waals surface area contributed by atoms with E-state index < -0.39 is 10.8 Å². The van der Waals surface area contributed by atoms with E-state index >= 15 is 0 Å². The third kappa shape index (κ3) is 2.68. The summed E-state index contributed by atoms with van der Waals surface area (Å²) in [4.78, 5) is 4.06. The monoisotopic (exact) mass is 252 g/mol. The van der Waals surface area contributed by atoms with E-state index in [1.165, 1.54) is 5.56 Å². The summed E-state index contributed by atoms with van der Waals surface area (Å²) in [5.41, 5.74) is 7.44. The van der Waals surface area contributed by atoms with Crippen molar-refractivity contribution in [3.8, 4) is 0 Å². The normalized spacial score (nSPS) is 12.5. The molecule has 1 unspecified atom stereocenters. The lowest BCUT2D eigenvalue weighted by molar-refractivity contribution is 0.680. The number of nitrogens with two attached hydrogens (primary N) is 1. The highest BCUT2D eigenvalue weighted by molar-refractivity contribution is 7.85. The Bertz CT molecular complexity index is 482. The van der Waals surface area contributed by atoms with E-state index in [2.05, 4.69) is 10.4 Å². The maximum absolute atomic E-state index is 11.9. The second-order valence-corrected chi connectivity index (χ2v) is 5.60. The summed E-state index contributed by atoms with van der Waals surface area (Å²) in [6, 6.07) is 5.52. The molecule has 0 saturated carbocycles. The van der Waals surface area contributed by atoms with Gasteiger partial charge < -0.3 is 5.73 Å². The Kier molecular flexibility index (Phi) is 3.69. The summed E-state index contributed by atoms with van der Waals surface area (Å²) >= 11 is 1.65. The molecule has 2 N–H and O–H groups in total. The molecule has 0 fully saturated rings. The van der Waals surface area contributed by atoms with Crippen LogP contribution in [0.25, 0.3) is 0 Å². The molecule has 2 aromatic rings. The Morgan fingerprint density at radius 3 is 3.00 bits per heavy atom. The molecule has 84 valence electrons. The van der Waals surface area contributed by atoms with Gasteiger partial charge in [-0.15, -0.1) is 0 Å². The number of anilines is 1. The van der Waals surface area contributed by atoms with Crippen LogP contribution in [0.2, 0.25) is 0 Å². The average Bonchev–Trinajstić information content (AvgIpc) is 2.79. The average molecular weight is 252 g/mol. The SMILES string of the molecule is Nc1cccnc1S(=O)CCc1ccsc1. The Balaban J connectivity index is 2.01. The van der Waals surface area contributed by atoms with Crippen molar-refractivity contribution in [1.82, 2.24) is 4.98 Å². The molecule has 0 spiro atoms. The number of aromatic nitrogens is 1. The first-order valence-corrected chi connectivity index (χ1v) is 7.13. The second-order valence-electron chi connectivity index (χ2n) is 3.33. The molecule has 3 nitrogen and oxygen atoms in total. The molecule has 0 aromatic carbocycles. The molecule has 0 aliphatic carbocycles. The molecule has 5 heteroatoms. The molecule has 2 aromatic heterocycles. The van der Waals surface area contributed by atoms with Crippen LogP contribution in [0.4, 0.5) is 5.69 Å². The first-order chi connectivity index (χ1) is 7.77. The number of hydrogen-bond donors (Lipinski definition) is 1. The van der Waals surface area contributed by atoms with E-state index in [-0.39, 0.29) is 0 Å². The third-order valence-corrected chi connectivity index (χ3v) is 4.25.